The summed E-state index contributed by atoms with van der Waals surface area (Å²) >= 11 is 0. The van der Waals surface area contributed by atoms with E-state index in [-0.39, 0.29) is 11.9 Å². The van der Waals surface area contributed by atoms with E-state index in [9.17, 15) is 4.79 Å². The quantitative estimate of drug-likeness (QED) is 0.825. The molecule has 150 valence electrons. The molecule has 0 aliphatic carbocycles. The van der Waals surface area contributed by atoms with Gasteiger partial charge < -0.3 is 15.4 Å². The standard InChI is InChI=1S/C20H28N6O2/c1-15(20(27)26-10-12-28-13-11-26)25-8-6-24(7-9-25)14-18-22-17-5-3-2-4-16(17)19(21)23-18/h2-5,15H,6-14H2,1H3,(H2,21,22,23). The third kappa shape index (κ3) is 4.09. The van der Waals surface area contributed by atoms with E-state index in [2.05, 4.69) is 19.8 Å². The van der Waals surface area contributed by atoms with Crippen molar-refractivity contribution in [3.05, 3.63) is 30.1 Å². The van der Waals surface area contributed by atoms with E-state index in [0.29, 0.717) is 38.7 Å². The van der Waals surface area contributed by atoms with Crippen LogP contribution >= 0.6 is 0 Å². The molecule has 1 aromatic heterocycles. The fourth-order valence-corrected chi connectivity index (χ4v) is 3.93. The van der Waals surface area contributed by atoms with Gasteiger partial charge in [0.15, 0.2) is 0 Å². The summed E-state index contributed by atoms with van der Waals surface area (Å²) in [5.74, 6) is 1.49. The normalized spacial score (nSPS) is 20.4. The Balaban J connectivity index is 1.33. The molecule has 0 spiro atoms. The molecule has 2 saturated heterocycles. The fourth-order valence-electron chi connectivity index (χ4n) is 3.93. The summed E-state index contributed by atoms with van der Waals surface area (Å²) in [5.41, 5.74) is 6.98. The number of anilines is 1. The molecule has 2 aliphatic heterocycles. The average molecular weight is 384 g/mol. The largest absolute Gasteiger partial charge is 0.383 e. The van der Waals surface area contributed by atoms with E-state index in [0.717, 1.165) is 42.9 Å². The number of nitrogens with zero attached hydrogens (tertiary/aromatic N) is 5. The van der Waals surface area contributed by atoms with Crippen molar-refractivity contribution in [2.24, 2.45) is 0 Å². The molecular formula is C20H28N6O2. The maximum absolute atomic E-state index is 12.7. The minimum absolute atomic E-state index is 0.0900. The Morgan fingerprint density at radius 1 is 1.11 bits per heavy atom. The summed E-state index contributed by atoms with van der Waals surface area (Å²) in [6, 6.07) is 7.73. The summed E-state index contributed by atoms with van der Waals surface area (Å²) in [4.78, 5) is 28.4. The topological polar surface area (TPSA) is 87.8 Å². The molecule has 1 amide bonds. The Hall–Kier alpha value is -2.29. The summed E-state index contributed by atoms with van der Waals surface area (Å²) in [6.07, 6.45) is 0. The van der Waals surface area contributed by atoms with Crippen LogP contribution in [0.15, 0.2) is 24.3 Å². The first-order chi connectivity index (χ1) is 13.6. The van der Waals surface area contributed by atoms with Crippen molar-refractivity contribution in [3.8, 4) is 0 Å². The average Bonchev–Trinajstić information content (AvgIpc) is 2.74. The number of nitrogens with two attached hydrogens (primary N) is 1. The van der Waals surface area contributed by atoms with Gasteiger partial charge >= 0.3 is 0 Å². The van der Waals surface area contributed by atoms with E-state index in [1.165, 1.54) is 0 Å². The first kappa shape index (κ1) is 19.0. The molecule has 0 bridgehead atoms. The van der Waals surface area contributed by atoms with E-state index >= 15 is 0 Å². The number of carbonyl (C=O) groups is 1. The number of morpholine rings is 1. The van der Waals surface area contributed by atoms with Gasteiger partial charge in [0.1, 0.15) is 11.6 Å². The summed E-state index contributed by atoms with van der Waals surface area (Å²) in [7, 11) is 0. The molecule has 0 radical (unpaired) electrons. The molecule has 8 nitrogen and oxygen atoms in total. The smallest absolute Gasteiger partial charge is 0.239 e. The second kappa shape index (κ2) is 8.38. The number of para-hydroxylation sites is 1. The van der Waals surface area contributed by atoms with E-state index < -0.39 is 0 Å². The van der Waals surface area contributed by atoms with Crippen LogP contribution in [0, 0.1) is 0 Å². The minimum atomic E-state index is -0.0900. The summed E-state index contributed by atoms with van der Waals surface area (Å²) < 4.78 is 5.35. The summed E-state index contributed by atoms with van der Waals surface area (Å²) in [6.45, 7) is 8.86. The maximum Gasteiger partial charge on any atom is 0.239 e. The van der Waals surface area contributed by atoms with Crippen molar-refractivity contribution in [1.82, 2.24) is 24.7 Å². The molecule has 2 N–H and O–H groups in total. The van der Waals surface area contributed by atoms with E-state index in [4.69, 9.17) is 10.5 Å². The van der Waals surface area contributed by atoms with Crippen molar-refractivity contribution >= 4 is 22.6 Å². The Morgan fingerprint density at radius 2 is 1.82 bits per heavy atom. The van der Waals surface area contributed by atoms with Crippen LogP contribution in [0.5, 0.6) is 0 Å². The third-order valence-electron chi connectivity index (χ3n) is 5.68. The molecule has 3 heterocycles. The minimum Gasteiger partial charge on any atom is -0.383 e. The number of fused-ring (bicyclic) bond motifs is 1. The van der Waals surface area contributed by atoms with Crippen molar-refractivity contribution < 1.29 is 9.53 Å². The van der Waals surface area contributed by atoms with Crippen LogP contribution in [0.25, 0.3) is 10.9 Å². The van der Waals surface area contributed by atoms with Gasteiger partial charge in [0.25, 0.3) is 0 Å². The fraction of sp³-hybridized carbons (Fsp3) is 0.550. The number of ether oxygens (including phenoxy) is 1. The molecule has 2 fully saturated rings. The Labute approximate surface area is 165 Å². The van der Waals surface area contributed by atoms with Crippen LogP contribution in [0.2, 0.25) is 0 Å². The summed E-state index contributed by atoms with van der Waals surface area (Å²) in [5, 5.41) is 0.895. The van der Waals surface area contributed by atoms with E-state index in [1.54, 1.807) is 0 Å². The predicted octanol–water partition coefficient (Wildman–Crippen LogP) is 0.577. The highest BCUT2D eigenvalue weighted by Crippen LogP contribution is 2.18. The molecule has 4 rings (SSSR count). The SMILES string of the molecule is CC(C(=O)N1CCOCC1)N1CCN(Cc2nc(N)c3ccccc3n2)CC1. The van der Waals surface area contributed by atoms with Crippen LogP contribution in [-0.4, -0.2) is 89.1 Å². The zero-order valence-electron chi connectivity index (χ0n) is 16.4. The molecule has 28 heavy (non-hydrogen) atoms. The Bertz CT molecular complexity index is 831. The van der Waals surface area contributed by atoms with Crippen LogP contribution < -0.4 is 5.73 Å². The van der Waals surface area contributed by atoms with Crippen LogP contribution in [-0.2, 0) is 16.1 Å². The number of carbonyl (C=O) groups excluding carboxylic acids is 1. The monoisotopic (exact) mass is 384 g/mol. The second-order valence-corrected chi connectivity index (χ2v) is 7.47. The van der Waals surface area contributed by atoms with Crippen LogP contribution in [0.4, 0.5) is 5.82 Å². The van der Waals surface area contributed by atoms with Crippen LogP contribution in [0.1, 0.15) is 12.7 Å². The highest BCUT2D eigenvalue weighted by Gasteiger charge is 2.29. The molecule has 8 heteroatoms. The lowest BCUT2D eigenvalue weighted by Crippen LogP contribution is -2.55. The van der Waals surface area contributed by atoms with Gasteiger partial charge in [-0.3, -0.25) is 14.6 Å². The molecule has 1 atom stereocenters. The van der Waals surface area contributed by atoms with Crippen molar-refractivity contribution in [2.75, 3.05) is 58.2 Å². The molecular weight excluding hydrogens is 356 g/mol. The second-order valence-electron chi connectivity index (χ2n) is 7.47. The number of aromatic nitrogens is 2. The number of hydrogen-bond acceptors (Lipinski definition) is 7. The Kier molecular flexibility index (Phi) is 5.70. The lowest BCUT2D eigenvalue weighted by Gasteiger charge is -2.39. The van der Waals surface area contributed by atoms with Crippen molar-refractivity contribution in [3.63, 3.8) is 0 Å². The van der Waals surface area contributed by atoms with Crippen molar-refractivity contribution in [1.29, 1.82) is 0 Å². The van der Waals surface area contributed by atoms with Gasteiger partial charge in [-0.2, -0.15) is 0 Å². The Morgan fingerprint density at radius 3 is 2.57 bits per heavy atom. The first-order valence-corrected chi connectivity index (χ1v) is 9.96. The molecule has 2 aromatic rings. The maximum atomic E-state index is 12.7. The van der Waals surface area contributed by atoms with Gasteiger partial charge in [0.05, 0.1) is 31.3 Å². The van der Waals surface area contributed by atoms with E-state index in [1.807, 2.05) is 36.1 Å². The van der Waals surface area contributed by atoms with Gasteiger partial charge in [-0.1, -0.05) is 12.1 Å². The van der Waals surface area contributed by atoms with Crippen LogP contribution in [0.3, 0.4) is 0 Å². The molecule has 0 saturated carbocycles. The number of amides is 1. The predicted molar refractivity (Wildman–Crippen MR) is 108 cm³/mol. The zero-order valence-corrected chi connectivity index (χ0v) is 16.4. The first-order valence-electron chi connectivity index (χ1n) is 9.96. The number of rotatable bonds is 4. The highest BCUT2D eigenvalue weighted by molar-refractivity contribution is 5.87. The number of nitrogen functional groups attached to an aromatic ring is 1. The third-order valence-corrected chi connectivity index (χ3v) is 5.68. The van der Waals surface area contributed by atoms with Gasteiger partial charge in [-0.05, 0) is 19.1 Å². The lowest BCUT2D eigenvalue weighted by molar-refractivity contribution is -0.141. The number of piperazine rings is 1. The number of benzene rings is 1. The lowest BCUT2D eigenvalue weighted by atomic mass is 10.2. The van der Waals surface area contributed by atoms with Gasteiger partial charge in [-0.25, -0.2) is 9.97 Å². The van der Waals surface area contributed by atoms with Gasteiger partial charge in [0.2, 0.25) is 5.91 Å². The molecule has 1 unspecified atom stereocenters. The van der Waals surface area contributed by atoms with Crippen molar-refractivity contribution in [2.45, 2.75) is 19.5 Å². The molecule has 2 aliphatic rings. The number of hydrogen-bond donors (Lipinski definition) is 1. The zero-order chi connectivity index (χ0) is 19.5. The van der Waals surface area contributed by atoms with Gasteiger partial charge in [0, 0.05) is 44.7 Å². The highest BCUT2D eigenvalue weighted by atomic mass is 16.5. The molecule has 1 aromatic carbocycles. The van der Waals surface area contributed by atoms with Gasteiger partial charge in [-0.15, -0.1) is 0 Å².